The number of carbonyl (C=O) groups is 2. The van der Waals surface area contributed by atoms with E-state index >= 15 is 0 Å². The van der Waals surface area contributed by atoms with E-state index in [0.717, 1.165) is 29.4 Å². The minimum absolute atomic E-state index is 0.0137. The van der Waals surface area contributed by atoms with Gasteiger partial charge in [0.2, 0.25) is 11.8 Å². The predicted octanol–water partition coefficient (Wildman–Crippen LogP) is 2.94. The maximum Gasteiger partial charge on any atom is 0.332 e. The van der Waals surface area contributed by atoms with E-state index in [4.69, 9.17) is 0 Å². The van der Waals surface area contributed by atoms with Crippen molar-refractivity contribution in [1.82, 2.24) is 19.8 Å². The van der Waals surface area contributed by atoms with Crippen molar-refractivity contribution in [2.24, 2.45) is 0 Å². The molecule has 0 saturated carbocycles. The fourth-order valence-corrected chi connectivity index (χ4v) is 5.12. The smallest absolute Gasteiger partial charge is 0.332 e. The highest BCUT2D eigenvalue weighted by Gasteiger charge is 2.17. The number of carbonyl (C=O) groups excluding carboxylic acids is 2. The number of allylic oxidation sites excluding steroid dienone is 1. The standard InChI is InChI=1S/C26H30N4O4S/c31-22(28-17-20-9-5-2-6-10-20)12-15-29-25(33)24-21(13-16-35-24)30(26(29)34)18-23(32)27-14-11-19-7-3-1-4-8-19/h2,5-7,9-10,13,16H,1,3-4,8,11-12,14-15,17-18H2,(H,27,32)(H,28,31). The third-order valence-corrected chi connectivity index (χ3v) is 7.08. The van der Waals surface area contributed by atoms with Crippen LogP contribution in [-0.4, -0.2) is 27.5 Å². The molecule has 184 valence electrons. The van der Waals surface area contributed by atoms with E-state index in [-0.39, 0.29) is 31.3 Å². The van der Waals surface area contributed by atoms with Gasteiger partial charge in [0.25, 0.3) is 5.56 Å². The zero-order chi connectivity index (χ0) is 24.6. The molecule has 35 heavy (non-hydrogen) atoms. The largest absolute Gasteiger partial charge is 0.354 e. The summed E-state index contributed by atoms with van der Waals surface area (Å²) in [6.45, 7) is 0.667. The van der Waals surface area contributed by atoms with Crippen molar-refractivity contribution in [2.75, 3.05) is 6.54 Å². The summed E-state index contributed by atoms with van der Waals surface area (Å²) in [6, 6.07) is 11.2. The highest BCUT2D eigenvalue weighted by atomic mass is 32.1. The van der Waals surface area contributed by atoms with Crippen LogP contribution in [0.1, 0.15) is 44.1 Å². The van der Waals surface area contributed by atoms with E-state index < -0.39 is 11.2 Å². The Morgan fingerprint density at radius 3 is 2.57 bits per heavy atom. The molecule has 1 aromatic carbocycles. The average molecular weight is 495 g/mol. The van der Waals surface area contributed by atoms with Gasteiger partial charge in [0.05, 0.1) is 5.52 Å². The Labute approximate surface area is 207 Å². The predicted molar refractivity (Wildman–Crippen MR) is 137 cm³/mol. The normalized spacial score (nSPS) is 13.4. The Bertz CT molecular complexity index is 1340. The Morgan fingerprint density at radius 1 is 0.971 bits per heavy atom. The van der Waals surface area contributed by atoms with Gasteiger partial charge in [-0.2, -0.15) is 0 Å². The van der Waals surface area contributed by atoms with Crippen LogP contribution in [0, 0.1) is 0 Å². The molecule has 3 aromatic rings. The topological polar surface area (TPSA) is 102 Å². The summed E-state index contributed by atoms with van der Waals surface area (Å²) in [7, 11) is 0. The molecule has 0 aliphatic heterocycles. The molecule has 8 nitrogen and oxygen atoms in total. The highest BCUT2D eigenvalue weighted by Crippen LogP contribution is 2.19. The fraction of sp³-hybridized carbons (Fsp3) is 0.385. The zero-order valence-corrected chi connectivity index (χ0v) is 20.4. The van der Waals surface area contributed by atoms with Gasteiger partial charge in [-0.1, -0.05) is 42.0 Å². The highest BCUT2D eigenvalue weighted by molar-refractivity contribution is 7.17. The van der Waals surface area contributed by atoms with Gasteiger partial charge in [-0.05, 0) is 49.1 Å². The molecule has 2 aromatic heterocycles. The lowest BCUT2D eigenvalue weighted by Crippen LogP contribution is -2.43. The van der Waals surface area contributed by atoms with Gasteiger partial charge in [-0.15, -0.1) is 11.3 Å². The lowest BCUT2D eigenvalue weighted by Gasteiger charge is -2.14. The fourth-order valence-electron chi connectivity index (χ4n) is 4.28. The lowest BCUT2D eigenvalue weighted by molar-refractivity contribution is -0.122. The van der Waals surface area contributed by atoms with Gasteiger partial charge >= 0.3 is 5.69 Å². The van der Waals surface area contributed by atoms with Crippen LogP contribution < -0.4 is 21.9 Å². The second kappa shape index (κ2) is 11.8. The first kappa shape index (κ1) is 24.7. The van der Waals surface area contributed by atoms with Crippen LogP contribution in [0.15, 0.2) is 63.0 Å². The van der Waals surface area contributed by atoms with Crippen LogP contribution in [-0.2, 0) is 29.2 Å². The molecule has 0 spiro atoms. The average Bonchev–Trinajstić information content (AvgIpc) is 3.37. The molecule has 0 fully saturated rings. The molecule has 0 saturated heterocycles. The van der Waals surface area contributed by atoms with Crippen molar-refractivity contribution in [3.8, 4) is 0 Å². The van der Waals surface area contributed by atoms with Crippen molar-refractivity contribution in [3.05, 3.63) is 79.8 Å². The molecule has 1 aliphatic carbocycles. The number of amides is 2. The third-order valence-electron chi connectivity index (χ3n) is 6.19. The minimum Gasteiger partial charge on any atom is -0.354 e. The second-order valence-corrected chi connectivity index (χ2v) is 9.60. The molecule has 9 heteroatoms. The Balaban J connectivity index is 1.41. The quantitative estimate of drug-likeness (QED) is 0.423. The molecular formula is C26H30N4O4S. The number of hydrogen-bond donors (Lipinski definition) is 2. The van der Waals surface area contributed by atoms with Crippen molar-refractivity contribution < 1.29 is 9.59 Å². The lowest BCUT2D eigenvalue weighted by atomic mass is 9.97. The van der Waals surface area contributed by atoms with Gasteiger partial charge < -0.3 is 10.6 Å². The van der Waals surface area contributed by atoms with Gasteiger partial charge in [0.1, 0.15) is 11.2 Å². The first-order chi connectivity index (χ1) is 17.0. The van der Waals surface area contributed by atoms with Crippen molar-refractivity contribution in [2.45, 2.75) is 58.2 Å². The van der Waals surface area contributed by atoms with Gasteiger partial charge in [-0.3, -0.25) is 23.5 Å². The summed E-state index contributed by atoms with van der Waals surface area (Å²) >= 11 is 1.22. The van der Waals surface area contributed by atoms with Crippen LogP contribution in [0.4, 0.5) is 0 Å². The van der Waals surface area contributed by atoms with Crippen LogP contribution >= 0.6 is 11.3 Å². The van der Waals surface area contributed by atoms with Crippen molar-refractivity contribution in [1.29, 1.82) is 0 Å². The molecule has 4 rings (SSSR count). The van der Waals surface area contributed by atoms with Crippen molar-refractivity contribution >= 4 is 33.4 Å². The van der Waals surface area contributed by atoms with Crippen molar-refractivity contribution in [3.63, 3.8) is 0 Å². The molecular weight excluding hydrogens is 464 g/mol. The van der Waals surface area contributed by atoms with Crippen LogP contribution in [0.5, 0.6) is 0 Å². The molecule has 2 heterocycles. The van der Waals surface area contributed by atoms with Crippen LogP contribution in [0.3, 0.4) is 0 Å². The third kappa shape index (κ3) is 6.36. The summed E-state index contributed by atoms with van der Waals surface area (Å²) in [5.74, 6) is -0.533. The zero-order valence-electron chi connectivity index (χ0n) is 19.6. The summed E-state index contributed by atoms with van der Waals surface area (Å²) < 4.78 is 2.78. The number of nitrogens with one attached hydrogen (secondary N) is 2. The maximum absolute atomic E-state index is 13.2. The van der Waals surface area contributed by atoms with Gasteiger partial charge in [0, 0.05) is 26.1 Å². The first-order valence-electron chi connectivity index (χ1n) is 12.0. The summed E-state index contributed by atoms with van der Waals surface area (Å²) in [4.78, 5) is 51.0. The summed E-state index contributed by atoms with van der Waals surface area (Å²) in [5.41, 5.74) is 1.76. The number of hydrogen-bond acceptors (Lipinski definition) is 5. The number of thiophene rings is 1. The molecule has 0 radical (unpaired) electrons. The van der Waals surface area contributed by atoms with Gasteiger partial charge in [0.15, 0.2) is 0 Å². The number of benzene rings is 1. The van der Waals surface area contributed by atoms with Gasteiger partial charge in [-0.25, -0.2) is 4.79 Å². The van der Waals surface area contributed by atoms with Crippen LogP contribution in [0.25, 0.3) is 10.2 Å². The van der Waals surface area contributed by atoms with E-state index in [9.17, 15) is 19.2 Å². The molecule has 2 N–H and O–H groups in total. The SMILES string of the molecule is O=C(CCn1c(=O)c2sccc2n(CC(=O)NCCC2=CCCCC2)c1=O)NCc1ccccc1. The number of nitrogens with zero attached hydrogens (tertiary/aromatic N) is 2. The maximum atomic E-state index is 13.2. The van der Waals surface area contributed by atoms with E-state index in [0.29, 0.717) is 23.3 Å². The Morgan fingerprint density at radius 2 is 1.80 bits per heavy atom. The summed E-state index contributed by atoms with van der Waals surface area (Å²) in [6.07, 6.45) is 7.64. The van der Waals surface area contributed by atoms with E-state index in [1.807, 2.05) is 30.3 Å². The van der Waals surface area contributed by atoms with E-state index in [2.05, 4.69) is 16.7 Å². The number of aromatic nitrogens is 2. The molecule has 0 bridgehead atoms. The summed E-state index contributed by atoms with van der Waals surface area (Å²) in [5, 5.41) is 7.43. The minimum atomic E-state index is -0.582. The Hall–Kier alpha value is -3.46. The molecule has 1 aliphatic rings. The number of fused-ring (bicyclic) bond motifs is 1. The first-order valence-corrected chi connectivity index (χ1v) is 12.9. The molecule has 0 unspecified atom stereocenters. The second-order valence-electron chi connectivity index (χ2n) is 8.68. The van der Waals surface area contributed by atoms with E-state index in [1.165, 1.54) is 34.3 Å². The molecule has 0 atom stereocenters. The molecule has 2 amide bonds. The van der Waals surface area contributed by atoms with E-state index in [1.54, 1.807) is 11.4 Å². The Kier molecular flexibility index (Phi) is 8.31. The number of rotatable bonds is 10. The monoisotopic (exact) mass is 494 g/mol. The van der Waals surface area contributed by atoms with Crippen LogP contribution in [0.2, 0.25) is 0 Å².